The van der Waals surface area contributed by atoms with E-state index >= 15 is 0 Å². The molecule has 5 heteroatoms. The monoisotopic (exact) mass is 410 g/mol. The Hall–Kier alpha value is -1.36. The normalized spacial score (nSPS) is 23.1. The van der Waals surface area contributed by atoms with E-state index < -0.39 is 12.1 Å². The molecule has 0 saturated carbocycles. The maximum Gasteiger partial charge on any atom is 0.303 e. The second kappa shape index (κ2) is 11.7. The maximum absolute atomic E-state index is 11.3. The van der Waals surface area contributed by atoms with Crippen LogP contribution >= 0.6 is 0 Å². The number of hydrogen-bond acceptors (Lipinski definition) is 5. The minimum Gasteiger partial charge on any atom is -0.462 e. The Labute approximate surface area is 177 Å². The summed E-state index contributed by atoms with van der Waals surface area (Å²) < 4.78 is 16.6. The molecule has 1 fully saturated rings. The summed E-state index contributed by atoms with van der Waals surface area (Å²) in [6.45, 7) is 15.7. The average Bonchev–Trinajstić information content (AvgIpc) is 2.56. The molecule has 1 aliphatic heterocycles. The van der Waals surface area contributed by atoms with Crippen LogP contribution in [0.3, 0.4) is 0 Å². The van der Waals surface area contributed by atoms with Gasteiger partial charge < -0.3 is 14.2 Å². The van der Waals surface area contributed by atoms with E-state index in [1.165, 1.54) is 33.1 Å². The standard InChI is InChI=1S/C24H42O5/c1-18(12-9-15-24(7)16-10-14-23(5,6)29-24)11-8-13-19(2)22(28-21(4)26)17-27-20(3)25/h18,22H,2,8-17H2,1,3-7H3/t18-,22+,24+/m1/s1. The van der Waals surface area contributed by atoms with Crippen molar-refractivity contribution in [2.24, 2.45) is 5.92 Å². The zero-order chi connectivity index (χ0) is 22.1. The molecule has 0 aromatic heterocycles. The van der Waals surface area contributed by atoms with E-state index in [1.807, 2.05) is 0 Å². The highest BCUT2D eigenvalue weighted by Gasteiger charge is 2.36. The average molecular weight is 411 g/mol. The first kappa shape index (κ1) is 25.7. The van der Waals surface area contributed by atoms with Gasteiger partial charge in [-0.1, -0.05) is 32.8 Å². The van der Waals surface area contributed by atoms with Crippen molar-refractivity contribution < 1.29 is 23.8 Å². The lowest BCUT2D eigenvalue weighted by Gasteiger charge is -2.43. The molecule has 1 aliphatic rings. The topological polar surface area (TPSA) is 61.8 Å². The van der Waals surface area contributed by atoms with E-state index in [2.05, 4.69) is 34.3 Å². The van der Waals surface area contributed by atoms with Crippen molar-refractivity contribution in [2.45, 2.75) is 117 Å². The Bertz CT molecular complexity index is 553. The van der Waals surface area contributed by atoms with Crippen molar-refractivity contribution in [2.75, 3.05) is 6.61 Å². The Morgan fingerprint density at radius 1 is 1.07 bits per heavy atom. The van der Waals surface area contributed by atoms with Crippen LogP contribution in [0.25, 0.3) is 0 Å². The molecular formula is C24H42O5. The van der Waals surface area contributed by atoms with Crippen LogP contribution in [0.1, 0.15) is 99.3 Å². The van der Waals surface area contributed by atoms with Crippen molar-refractivity contribution in [1.29, 1.82) is 0 Å². The Balaban J connectivity index is 2.30. The molecule has 0 radical (unpaired) electrons. The molecule has 168 valence electrons. The fourth-order valence-electron chi connectivity index (χ4n) is 4.27. The lowest BCUT2D eigenvalue weighted by molar-refractivity contribution is -0.168. The van der Waals surface area contributed by atoms with Gasteiger partial charge in [0, 0.05) is 13.8 Å². The molecule has 0 aromatic carbocycles. The zero-order valence-corrected chi connectivity index (χ0v) is 19.5. The van der Waals surface area contributed by atoms with Crippen LogP contribution in [-0.2, 0) is 23.8 Å². The van der Waals surface area contributed by atoms with Gasteiger partial charge in [-0.05, 0) is 70.8 Å². The number of ether oxygens (including phenoxy) is 3. The molecule has 0 amide bonds. The summed E-state index contributed by atoms with van der Waals surface area (Å²) in [4.78, 5) is 22.3. The Morgan fingerprint density at radius 2 is 1.72 bits per heavy atom. The van der Waals surface area contributed by atoms with E-state index in [9.17, 15) is 9.59 Å². The van der Waals surface area contributed by atoms with Crippen molar-refractivity contribution in [3.8, 4) is 0 Å². The molecule has 0 N–H and O–H groups in total. The molecule has 5 nitrogen and oxygen atoms in total. The lowest BCUT2D eigenvalue weighted by atomic mass is 9.84. The van der Waals surface area contributed by atoms with Crippen LogP contribution < -0.4 is 0 Å². The number of esters is 2. The third kappa shape index (κ3) is 10.8. The smallest absolute Gasteiger partial charge is 0.303 e. The number of carbonyl (C=O) groups is 2. The lowest BCUT2D eigenvalue weighted by Crippen LogP contribution is -2.43. The second-order valence-electron chi connectivity index (χ2n) is 9.61. The highest BCUT2D eigenvalue weighted by Crippen LogP contribution is 2.38. The van der Waals surface area contributed by atoms with E-state index in [1.54, 1.807) is 0 Å². The van der Waals surface area contributed by atoms with Gasteiger partial charge >= 0.3 is 11.9 Å². The van der Waals surface area contributed by atoms with Crippen LogP contribution in [0.4, 0.5) is 0 Å². The van der Waals surface area contributed by atoms with Crippen LogP contribution in [0.2, 0.25) is 0 Å². The summed E-state index contributed by atoms with van der Waals surface area (Å²) in [6, 6.07) is 0. The van der Waals surface area contributed by atoms with Gasteiger partial charge in [0.15, 0.2) is 6.10 Å². The predicted molar refractivity (Wildman–Crippen MR) is 116 cm³/mol. The first-order chi connectivity index (χ1) is 13.4. The summed E-state index contributed by atoms with van der Waals surface area (Å²) in [5.74, 6) is -0.149. The van der Waals surface area contributed by atoms with Crippen LogP contribution in [-0.4, -0.2) is 35.9 Å². The summed E-state index contributed by atoms with van der Waals surface area (Å²) in [6.07, 6.45) is 9.32. The van der Waals surface area contributed by atoms with Gasteiger partial charge in [0.1, 0.15) is 6.61 Å². The van der Waals surface area contributed by atoms with Gasteiger partial charge in [-0.2, -0.15) is 0 Å². The first-order valence-corrected chi connectivity index (χ1v) is 11.1. The molecule has 1 rings (SSSR count). The minimum absolute atomic E-state index is 0.00354. The molecule has 1 heterocycles. The molecule has 3 atom stereocenters. The molecule has 0 bridgehead atoms. The fraction of sp³-hybridized carbons (Fsp3) is 0.833. The third-order valence-corrected chi connectivity index (χ3v) is 5.81. The molecule has 0 aromatic rings. The first-order valence-electron chi connectivity index (χ1n) is 11.1. The number of hydrogen-bond donors (Lipinski definition) is 0. The zero-order valence-electron chi connectivity index (χ0n) is 19.5. The summed E-state index contributed by atoms with van der Waals surface area (Å²) in [5.41, 5.74) is 0.826. The number of carbonyl (C=O) groups excluding carboxylic acids is 2. The third-order valence-electron chi connectivity index (χ3n) is 5.81. The fourth-order valence-corrected chi connectivity index (χ4v) is 4.27. The summed E-state index contributed by atoms with van der Waals surface area (Å²) in [5, 5.41) is 0. The number of rotatable bonds is 12. The Morgan fingerprint density at radius 3 is 2.31 bits per heavy atom. The van der Waals surface area contributed by atoms with Crippen LogP contribution in [0.5, 0.6) is 0 Å². The molecular weight excluding hydrogens is 368 g/mol. The second-order valence-corrected chi connectivity index (χ2v) is 9.61. The highest BCUT2D eigenvalue weighted by atomic mass is 16.6. The molecule has 1 saturated heterocycles. The Kier molecular flexibility index (Phi) is 10.4. The quantitative estimate of drug-likeness (QED) is 0.303. The van der Waals surface area contributed by atoms with Crippen molar-refractivity contribution >= 4 is 11.9 Å². The van der Waals surface area contributed by atoms with Gasteiger partial charge in [0.05, 0.1) is 11.2 Å². The van der Waals surface area contributed by atoms with Crippen molar-refractivity contribution in [1.82, 2.24) is 0 Å². The van der Waals surface area contributed by atoms with E-state index in [0.29, 0.717) is 5.92 Å². The van der Waals surface area contributed by atoms with Crippen molar-refractivity contribution in [3.05, 3.63) is 12.2 Å². The summed E-state index contributed by atoms with van der Waals surface area (Å²) in [7, 11) is 0. The summed E-state index contributed by atoms with van der Waals surface area (Å²) >= 11 is 0. The van der Waals surface area contributed by atoms with Crippen LogP contribution in [0, 0.1) is 5.92 Å². The van der Waals surface area contributed by atoms with Gasteiger partial charge in [0.25, 0.3) is 0 Å². The van der Waals surface area contributed by atoms with Gasteiger partial charge in [0.2, 0.25) is 0 Å². The van der Waals surface area contributed by atoms with Gasteiger partial charge in [-0.25, -0.2) is 0 Å². The molecule has 0 aliphatic carbocycles. The SMILES string of the molecule is C=C(CCC[C@@H](C)CCC[C@@]1(C)CCCC(C)(C)O1)[C@H](COC(C)=O)OC(C)=O. The maximum atomic E-state index is 11.3. The minimum atomic E-state index is -0.557. The molecule has 0 unspecified atom stereocenters. The van der Waals surface area contributed by atoms with E-state index in [4.69, 9.17) is 14.2 Å². The van der Waals surface area contributed by atoms with E-state index in [-0.39, 0.29) is 23.8 Å². The van der Waals surface area contributed by atoms with Gasteiger partial charge in [-0.15, -0.1) is 0 Å². The molecule has 0 spiro atoms. The largest absolute Gasteiger partial charge is 0.462 e. The van der Waals surface area contributed by atoms with Crippen molar-refractivity contribution in [3.63, 3.8) is 0 Å². The highest BCUT2D eigenvalue weighted by molar-refractivity contribution is 5.67. The van der Waals surface area contributed by atoms with Crippen LogP contribution in [0.15, 0.2) is 12.2 Å². The van der Waals surface area contributed by atoms with Gasteiger partial charge in [-0.3, -0.25) is 9.59 Å². The van der Waals surface area contributed by atoms with E-state index in [0.717, 1.165) is 44.1 Å². The molecule has 29 heavy (non-hydrogen) atoms. The predicted octanol–water partition coefficient (Wildman–Crippen LogP) is 5.75.